The molecule has 5 aliphatic heterocycles. The van der Waals surface area contributed by atoms with Crippen LogP contribution in [0.1, 0.15) is 76.8 Å². The first kappa shape index (κ1) is 69.4. The Bertz CT molecular complexity index is 4030. The molecule has 0 aliphatic carbocycles. The van der Waals surface area contributed by atoms with Gasteiger partial charge in [-0.3, -0.25) is 39.3 Å². The number of nitrogens with zero attached hydrogens (tertiary/aromatic N) is 16. The number of carbonyl (C=O) groups is 1. The fourth-order valence-electron chi connectivity index (χ4n) is 11.6. The molecule has 0 radical (unpaired) electrons. The Hall–Kier alpha value is -9.52. The number of sulfone groups is 2. The largest absolute Gasteiger partial charge is 0.396 e. The Morgan fingerprint density at radius 2 is 1.06 bits per heavy atom. The summed E-state index contributed by atoms with van der Waals surface area (Å²) in [5.74, 6) is -1.09. The van der Waals surface area contributed by atoms with Gasteiger partial charge in [-0.1, -0.05) is 0 Å². The molecule has 93 heavy (non-hydrogen) atoms. The topological polar surface area (TPSA) is 384 Å². The third-order valence-corrected chi connectivity index (χ3v) is 19.6. The quantitative estimate of drug-likeness (QED) is 0.103. The molecule has 5 aliphatic rings. The number of hydrogen-bond donors (Lipinski definition) is 6. The van der Waals surface area contributed by atoms with Crippen LogP contribution in [0.15, 0.2) is 123 Å². The molecule has 12 N–H and O–H groups in total. The van der Waals surface area contributed by atoms with Crippen LogP contribution in [0.25, 0.3) is 11.4 Å². The summed E-state index contributed by atoms with van der Waals surface area (Å²) >= 11 is 0. The molecule has 8 aromatic heterocycles. The van der Waals surface area contributed by atoms with Crippen molar-refractivity contribution < 1.29 is 30.4 Å². The van der Waals surface area contributed by atoms with Crippen LogP contribution in [-0.4, -0.2) is 169 Å². The van der Waals surface area contributed by atoms with Gasteiger partial charge in [0.2, 0.25) is 5.91 Å². The van der Waals surface area contributed by atoms with Gasteiger partial charge in [-0.25, -0.2) is 31.5 Å². The molecule has 5 saturated heterocycles. The predicted molar refractivity (Wildman–Crippen MR) is 362 cm³/mol. The number of aryl methyl sites for hydroxylation is 2. The number of nitrogens with two attached hydrogens (primary N) is 6. The molecule has 31 heteroatoms. The minimum atomic E-state index is -3.01. The maximum Gasteiger partial charge on any atom is 0.302 e. The first-order valence-electron chi connectivity index (χ1n) is 30.3. The van der Waals surface area contributed by atoms with E-state index in [1.54, 1.807) is 72.7 Å². The molecule has 5 fully saturated rings. The average molecular weight is 1320 g/mol. The Balaban J connectivity index is 0.000000144. The number of nitrogen functional groups attached to an aromatic ring is 6. The van der Waals surface area contributed by atoms with E-state index in [1.807, 2.05) is 58.9 Å². The van der Waals surface area contributed by atoms with Crippen LogP contribution in [-0.2, 0) is 30.4 Å². The fourth-order valence-corrected chi connectivity index (χ4v) is 13.8. The minimum Gasteiger partial charge on any atom is -0.396 e. The molecular weight excluding hydrogens is 1230 g/mol. The van der Waals surface area contributed by atoms with Crippen molar-refractivity contribution in [3.8, 4) is 11.4 Å². The molecule has 0 bridgehead atoms. The van der Waals surface area contributed by atoms with E-state index < -0.39 is 25.6 Å². The zero-order valence-corrected chi connectivity index (χ0v) is 54.9. The second-order valence-electron chi connectivity index (χ2n) is 23.7. The maximum atomic E-state index is 13.2. The zero-order chi connectivity index (χ0) is 67.3. The standard InChI is InChI=1S/C12H16N4O.C11H17N3O2S.C11H17N3.C10H10F2N4.C9H11N5.C9H13N3O2S/c13-10-7-14-4-3-11(10)15-5-6-16-9(8-15)1-2-12(16)17;1-17(15,16)9-3-2-6-14(8-9)11-4-5-13-7-10(11)12;1-11(2)5-3-7-14(11)10-4-6-13-8-9(10)12;1-10(11,12)9-15-4-5-16(9)8-2-3-14-6-7(8)13;1-6-12-7(2)14(13-6)9-3-4-11-5-8(9)10;10-8-7-11-2-1-9(8)12-3-5-15(13,14)6-4-12/h3-4,7,9H,1-2,5-6,8,13H2;4-5,7,9H,2-3,6,8,12H2,1H3;4,6,8H,3,5,7,12H2,1-2H3;2-6H,13H2,1H3;3-5H,10H2,1-2H3;1-2,7H,3-6,10H2/t9-;;;;;/m1...../s1. The number of pyridine rings is 6. The number of anilines is 10. The van der Waals surface area contributed by atoms with Crippen molar-refractivity contribution in [2.24, 2.45) is 0 Å². The lowest BCUT2D eigenvalue weighted by Crippen LogP contribution is -2.51. The van der Waals surface area contributed by atoms with Crippen LogP contribution in [0, 0.1) is 13.8 Å². The first-order valence-corrected chi connectivity index (χ1v) is 34.1. The van der Waals surface area contributed by atoms with Crippen LogP contribution in [0.4, 0.5) is 65.7 Å². The summed E-state index contributed by atoms with van der Waals surface area (Å²) in [5, 5.41) is 3.95. The van der Waals surface area contributed by atoms with Gasteiger partial charge in [0.05, 0.1) is 122 Å². The lowest BCUT2D eigenvalue weighted by Gasteiger charge is -2.39. The van der Waals surface area contributed by atoms with Crippen molar-refractivity contribution in [2.75, 3.05) is 124 Å². The molecule has 0 saturated carbocycles. The highest BCUT2D eigenvalue weighted by molar-refractivity contribution is 7.91. The Morgan fingerprint density at radius 1 is 0.591 bits per heavy atom. The minimum absolute atomic E-state index is 0.203. The summed E-state index contributed by atoms with van der Waals surface area (Å²) in [6, 6.07) is 11.3. The number of piperazine rings is 1. The number of alkyl halides is 2. The second kappa shape index (κ2) is 30.3. The van der Waals surface area contributed by atoms with E-state index in [9.17, 15) is 30.4 Å². The molecule has 498 valence electrons. The van der Waals surface area contributed by atoms with Crippen LogP contribution in [0.2, 0.25) is 0 Å². The summed E-state index contributed by atoms with van der Waals surface area (Å²) in [5.41, 5.74) is 43.9. The van der Waals surface area contributed by atoms with E-state index in [4.69, 9.17) is 34.4 Å². The molecule has 0 spiro atoms. The van der Waals surface area contributed by atoms with Gasteiger partial charge in [-0.15, -0.1) is 0 Å². The number of piperidine rings is 1. The van der Waals surface area contributed by atoms with E-state index in [2.05, 4.69) is 68.6 Å². The predicted octanol–water partition coefficient (Wildman–Crippen LogP) is 5.92. The molecule has 1 unspecified atom stereocenters. The highest BCUT2D eigenvalue weighted by Gasteiger charge is 2.37. The van der Waals surface area contributed by atoms with Crippen molar-refractivity contribution in [1.29, 1.82) is 0 Å². The summed E-state index contributed by atoms with van der Waals surface area (Å²) < 4.78 is 75.1. The third-order valence-electron chi connectivity index (χ3n) is 16.4. The van der Waals surface area contributed by atoms with Gasteiger partial charge in [-0.05, 0) is 96.2 Å². The van der Waals surface area contributed by atoms with E-state index in [1.165, 1.54) is 48.5 Å². The molecule has 2 atom stereocenters. The summed E-state index contributed by atoms with van der Waals surface area (Å²) in [4.78, 5) is 53.7. The van der Waals surface area contributed by atoms with Crippen LogP contribution >= 0.6 is 0 Å². The van der Waals surface area contributed by atoms with Crippen LogP contribution < -0.4 is 54.0 Å². The third kappa shape index (κ3) is 18.2. The van der Waals surface area contributed by atoms with E-state index in [0.29, 0.717) is 72.1 Å². The summed E-state index contributed by atoms with van der Waals surface area (Å²) in [6.45, 7) is 15.1. The molecule has 8 aromatic rings. The van der Waals surface area contributed by atoms with Gasteiger partial charge in [-0.2, -0.15) is 13.9 Å². The van der Waals surface area contributed by atoms with Crippen molar-refractivity contribution in [1.82, 2.24) is 59.1 Å². The number of imidazole rings is 1. The van der Waals surface area contributed by atoms with Gasteiger partial charge in [0.1, 0.15) is 11.6 Å². The average Bonchev–Trinajstić information content (AvgIpc) is 1.79. The van der Waals surface area contributed by atoms with Crippen molar-refractivity contribution >= 4 is 82.5 Å². The lowest BCUT2D eigenvalue weighted by atomic mass is 10.0. The van der Waals surface area contributed by atoms with E-state index in [0.717, 1.165) is 105 Å². The molecular formula is C62H84F2N22O5S2. The number of aromatic nitrogens is 11. The van der Waals surface area contributed by atoms with Crippen molar-refractivity contribution in [3.05, 3.63) is 141 Å². The van der Waals surface area contributed by atoms with E-state index in [-0.39, 0.29) is 28.1 Å². The molecule has 13 rings (SSSR count). The second-order valence-corrected chi connectivity index (χ2v) is 28.3. The number of carbonyl (C=O) groups excluding carboxylic acids is 1. The van der Waals surface area contributed by atoms with Crippen molar-refractivity contribution in [3.63, 3.8) is 0 Å². The summed E-state index contributed by atoms with van der Waals surface area (Å²) in [6.07, 6.45) is 29.5. The van der Waals surface area contributed by atoms with Gasteiger partial charge in [0, 0.05) is 133 Å². The number of fused-ring (bicyclic) bond motifs is 1. The molecule has 1 amide bonds. The highest BCUT2D eigenvalue weighted by Crippen LogP contribution is 2.37. The SMILES string of the molecule is CC(F)(F)c1nccn1-c1ccncc1N.CC1(C)CCCN1c1ccncc1N.CS(=O)(=O)C1CCCN(c2ccncc2N)C1.Cc1nc(C)n(-c2ccncc2N)n1.Nc1cnccc1N1CCN2C(=O)CC[C@@H]2C1.Nc1cnccc1N1CCS(=O)(=O)CC1. The monoisotopic (exact) mass is 1320 g/mol. The Labute approximate surface area is 541 Å². The lowest BCUT2D eigenvalue weighted by molar-refractivity contribution is -0.129. The first-order chi connectivity index (χ1) is 44.1. The fraction of sp³-hybridized carbons (Fsp3) is 0.419. The summed E-state index contributed by atoms with van der Waals surface area (Å²) in [7, 11) is -5.81. The molecule has 13 heterocycles. The van der Waals surface area contributed by atoms with Crippen LogP contribution in [0.5, 0.6) is 0 Å². The number of amides is 1. The van der Waals surface area contributed by atoms with Gasteiger partial charge in [0.15, 0.2) is 25.5 Å². The maximum absolute atomic E-state index is 13.2. The molecule has 27 nitrogen and oxygen atoms in total. The number of halogens is 2. The smallest absolute Gasteiger partial charge is 0.302 e. The van der Waals surface area contributed by atoms with Gasteiger partial charge < -0.3 is 58.9 Å². The number of rotatable bonds is 8. The molecule has 0 aromatic carbocycles. The Kier molecular flexibility index (Phi) is 22.6. The Morgan fingerprint density at radius 3 is 1.52 bits per heavy atom. The van der Waals surface area contributed by atoms with Gasteiger partial charge >= 0.3 is 5.92 Å². The zero-order valence-electron chi connectivity index (χ0n) is 53.2. The van der Waals surface area contributed by atoms with Crippen molar-refractivity contribution in [2.45, 2.75) is 95.9 Å². The van der Waals surface area contributed by atoms with E-state index >= 15 is 0 Å². The normalized spacial score (nSPS) is 18.2. The number of hydrogen-bond acceptors (Lipinski definition) is 24. The highest BCUT2D eigenvalue weighted by atomic mass is 32.2. The van der Waals surface area contributed by atoms with Gasteiger partial charge in [0.25, 0.3) is 0 Å². The van der Waals surface area contributed by atoms with Crippen LogP contribution in [0.3, 0.4) is 0 Å².